The minimum atomic E-state index is -4.44. The average Bonchev–Trinajstić information content (AvgIpc) is 3.24. The molecule has 0 unspecified atom stereocenters. The van der Waals surface area contributed by atoms with Crippen LogP contribution in [-0.4, -0.2) is 31.6 Å². The second kappa shape index (κ2) is 8.40. The Kier molecular flexibility index (Phi) is 5.75. The van der Waals surface area contributed by atoms with Crippen molar-refractivity contribution in [2.75, 3.05) is 13.4 Å². The first-order valence-corrected chi connectivity index (χ1v) is 11.7. The lowest BCUT2D eigenvalue weighted by Crippen LogP contribution is -2.05. The van der Waals surface area contributed by atoms with E-state index >= 15 is 0 Å². The van der Waals surface area contributed by atoms with Crippen LogP contribution >= 0.6 is 0 Å². The number of nitrogens with zero attached hydrogens (tertiary/aromatic N) is 2. The summed E-state index contributed by atoms with van der Waals surface area (Å²) < 4.78 is 69.4. The molecular weight excluding hydrogens is 453 g/mol. The number of benzene rings is 3. The van der Waals surface area contributed by atoms with E-state index in [-0.39, 0.29) is 4.90 Å². The molecule has 0 saturated carbocycles. The molecule has 0 radical (unpaired) electrons. The van der Waals surface area contributed by atoms with Gasteiger partial charge >= 0.3 is 6.18 Å². The summed E-state index contributed by atoms with van der Waals surface area (Å²) in [6, 6.07) is 20.0. The van der Waals surface area contributed by atoms with Crippen molar-refractivity contribution in [3.8, 4) is 34.0 Å². The van der Waals surface area contributed by atoms with Crippen LogP contribution in [-0.2, 0) is 16.0 Å². The molecule has 1 aromatic heterocycles. The molecule has 4 rings (SSSR count). The molecule has 1 heterocycles. The van der Waals surface area contributed by atoms with Crippen LogP contribution in [0.25, 0.3) is 28.2 Å². The van der Waals surface area contributed by atoms with Crippen LogP contribution in [0, 0.1) is 0 Å². The van der Waals surface area contributed by atoms with Crippen molar-refractivity contribution >= 4 is 9.84 Å². The Labute approximate surface area is 189 Å². The Morgan fingerprint density at radius 2 is 1.42 bits per heavy atom. The lowest BCUT2D eigenvalue weighted by atomic mass is 10.1. The van der Waals surface area contributed by atoms with Gasteiger partial charge in [0.15, 0.2) is 9.84 Å². The quantitative estimate of drug-likeness (QED) is 0.377. The molecule has 0 saturated heterocycles. The third kappa shape index (κ3) is 4.78. The van der Waals surface area contributed by atoms with E-state index in [1.54, 1.807) is 42.1 Å². The Morgan fingerprint density at radius 1 is 0.848 bits per heavy atom. The van der Waals surface area contributed by atoms with Gasteiger partial charge in [0.1, 0.15) is 5.75 Å². The van der Waals surface area contributed by atoms with Crippen LogP contribution in [0.2, 0.25) is 0 Å². The normalized spacial score (nSPS) is 12.0. The lowest BCUT2D eigenvalue weighted by Gasteiger charge is -2.10. The maximum atomic E-state index is 13.0. The molecule has 33 heavy (non-hydrogen) atoms. The number of halogens is 3. The summed E-state index contributed by atoms with van der Waals surface area (Å²) in [6.45, 7) is 0. The summed E-state index contributed by atoms with van der Waals surface area (Å²) in [7, 11) is -1.81. The molecule has 0 aliphatic heterocycles. The molecule has 0 aliphatic carbocycles. The van der Waals surface area contributed by atoms with E-state index in [1.165, 1.54) is 24.3 Å². The minimum absolute atomic E-state index is 0.157. The second-order valence-corrected chi connectivity index (χ2v) is 9.41. The summed E-state index contributed by atoms with van der Waals surface area (Å²) in [5.74, 6) is 0.678. The van der Waals surface area contributed by atoms with Gasteiger partial charge in [-0.25, -0.2) is 13.1 Å². The molecule has 3 aromatic carbocycles. The maximum Gasteiger partial charge on any atom is 0.416 e. The zero-order valence-electron chi connectivity index (χ0n) is 17.7. The van der Waals surface area contributed by atoms with E-state index in [4.69, 9.17) is 4.74 Å². The summed E-state index contributed by atoms with van der Waals surface area (Å²) >= 11 is 0. The highest BCUT2D eigenvalue weighted by atomic mass is 32.2. The van der Waals surface area contributed by atoms with Crippen molar-refractivity contribution in [2.24, 2.45) is 0 Å². The van der Waals surface area contributed by atoms with Crippen LogP contribution in [0.15, 0.2) is 83.8 Å². The molecule has 0 atom stereocenters. The van der Waals surface area contributed by atoms with Gasteiger partial charge in [0, 0.05) is 17.4 Å². The summed E-state index contributed by atoms with van der Waals surface area (Å²) in [4.78, 5) is 0.157. The summed E-state index contributed by atoms with van der Waals surface area (Å²) in [5.41, 5.74) is 2.29. The number of rotatable bonds is 5. The third-order valence-electron chi connectivity index (χ3n) is 5.11. The van der Waals surface area contributed by atoms with Gasteiger partial charge in [0.05, 0.1) is 34.6 Å². The van der Waals surface area contributed by atoms with E-state index < -0.39 is 21.6 Å². The van der Waals surface area contributed by atoms with E-state index in [1.807, 2.05) is 12.1 Å². The monoisotopic (exact) mass is 472 g/mol. The lowest BCUT2D eigenvalue weighted by molar-refractivity contribution is -0.137. The topological polar surface area (TPSA) is 61.2 Å². The number of ether oxygens (including phenoxy) is 1. The Hall–Kier alpha value is -3.59. The van der Waals surface area contributed by atoms with Crippen LogP contribution < -0.4 is 4.74 Å². The van der Waals surface area contributed by atoms with Gasteiger partial charge in [-0.15, -0.1) is 0 Å². The minimum Gasteiger partial charge on any atom is -0.497 e. The number of sulfone groups is 1. The highest BCUT2D eigenvalue weighted by molar-refractivity contribution is 7.90. The Morgan fingerprint density at radius 3 is 1.94 bits per heavy atom. The molecule has 0 amide bonds. The van der Waals surface area contributed by atoms with Crippen molar-refractivity contribution in [1.29, 1.82) is 0 Å². The fourth-order valence-electron chi connectivity index (χ4n) is 3.35. The fraction of sp³-hybridized carbons (Fsp3) is 0.125. The third-order valence-corrected chi connectivity index (χ3v) is 6.24. The zero-order chi connectivity index (χ0) is 23.8. The first-order valence-electron chi connectivity index (χ1n) is 9.79. The molecule has 0 bridgehead atoms. The maximum absolute atomic E-state index is 13.0. The number of aromatic nitrogens is 2. The standard InChI is InChI=1S/C24H19F3N2O3S/c1-32-20-11-5-16(6-12-20)22-15-23(17-3-7-18(8-4-17)24(25,26)27)29(28-22)19-9-13-21(14-10-19)33(2,30)31/h3-15H,1-2H3. The van der Waals surface area contributed by atoms with Crippen molar-refractivity contribution in [3.63, 3.8) is 0 Å². The van der Waals surface area contributed by atoms with Crippen molar-refractivity contribution in [2.45, 2.75) is 11.1 Å². The SMILES string of the molecule is COc1ccc(-c2cc(-c3ccc(C(F)(F)F)cc3)n(-c3ccc(S(C)(=O)=O)cc3)n2)cc1. The first kappa shape index (κ1) is 22.6. The molecular formula is C24H19F3N2O3S. The Balaban J connectivity index is 1.83. The van der Waals surface area contributed by atoms with E-state index in [0.717, 1.165) is 24.0 Å². The molecule has 170 valence electrons. The van der Waals surface area contributed by atoms with Crippen LogP contribution in [0.3, 0.4) is 0 Å². The fourth-order valence-corrected chi connectivity index (χ4v) is 3.98. The number of alkyl halides is 3. The first-order chi connectivity index (χ1) is 15.6. The second-order valence-electron chi connectivity index (χ2n) is 7.40. The summed E-state index contributed by atoms with van der Waals surface area (Å²) in [6.07, 6.45) is -3.32. The Bertz CT molecular complexity index is 1380. The van der Waals surface area contributed by atoms with Crippen LogP contribution in [0.4, 0.5) is 13.2 Å². The highest BCUT2D eigenvalue weighted by Gasteiger charge is 2.30. The molecule has 0 spiro atoms. The summed E-state index contributed by atoms with van der Waals surface area (Å²) in [5, 5.41) is 4.65. The average molecular weight is 472 g/mol. The number of hydrogen-bond acceptors (Lipinski definition) is 4. The van der Waals surface area contributed by atoms with Gasteiger partial charge in [0.25, 0.3) is 0 Å². The van der Waals surface area contributed by atoms with E-state index in [0.29, 0.717) is 28.4 Å². The zero-order valence-corrected chi connectivity index (χ0v) is 18.5. The van der Waals surface area contributed by atoms with Gasteiger partial charge in [-0.2, -0.15) is 18.3 Å². The van der Waals surface area contributed by atoms with Gasteiger partial charge in [-0.1, -0.05) is 12.1 Å². The van der Waals surface area contributed by atoms with E-state index in [2.05, 4.69) is 5.10 Å². The van der Waals surface area contributed by atoms with Crippen LogP contribution in [0.1, 0.15) is 5.56 Å². The van der Waals surface area contributed by atoms with Gasteiger partial charge < -0.3 is 4.74 Å². The molecule has 9 heteroatoms. The largest absolute Gasteiger partial charge is 0.497 e. The smallest absolute Gasteiger partial charge is 0.416 e. The highest BCUT2D eigenvalue weighted by Crippen LogP contribution is 2.33. The van der Waals surface area contributed by atoms with Gasteiger partial charge in [-0.3, -0.25) is 0 Å². The number of hydrogen-bond donors (Lipinski definition) is 0. The molecule has 5 nitrogen and oxygen atoms in total. The van der Waals surface area contributed by atoms with Crippen molar-refractivity contribution < 1.29 is 26.3 Å². The van der Waals surface area contributed by atoms with Crippen LogP contribution in [0.5, 0.6) is 5.75 Å². The van der Waals surface area contributed by atoms with Gasteiger partial charge in [-0.05, 0) is 66.7 Å². The molecule has 0 aliphatic rings. The number of methoxy groups -OCH3 is 1. The molecule has 0 fully saturated rings. The molecule has 4 aromatic rings. The van der Waals surface area contributed by atoms with Crippen molar-refractivity contribution in [3.05, 3.63) is 84.4 Å². The van der Waals surface area contributed by atoms with Crippen molar-refractivity contribution in [1.82, 2.24) is 9.78 Å². The van der Waals surface area contributed by atoms with E-state index in [9.17, 15) is 21.6 Å². The predicted molar refractivity (Wildman–Crippen MR) is 119 cm³/mol. The predicted octanol–water partition coefficient (Wildman–Crippen LogP) is 5.64. The molecule has 0 N–H and O–H groups in total. The van der Waals surface area contributed by atoms with Gasteiger partial charge in [0.2, 0.25) is 0 Å².